The highest BCUT2D eigenvalue weighted by Crippen LogP contribution is 2.10. The first-order chi connectivity index (χ1) is 9.65. The first-order valence-electron chi connectivity index (χ1n) is 6.98. The molecule has 0 aliphatic carbocycles. The molecule has 0 amide bonds. The van der Waals surface area contributed by atoms with Crippen molar-refractivity contribution in [3.05, 3.63) is 40.9 Å². The van der Waals surface area contributed by atoms with Gasteiger partial charge in [-0.05, 0) is 43.3 Å². The van der Waals surface area contributed by atoms with Gasteiger partial charge in [0.05, 0.1) is 6.61 Å². The lowest BCUT2D eigenvalue weighted by atomic mass is 10.2. The molecule has 0 spiro atoms. The number of nitrogens with zero attached hydrogens (tertiary/aromatic N) is 1. The average molecular weight is 296 g/mol. The Morgan fingerprint density at radius 3 is 2.50 bits per heavy atom. The molecule has 0 saturated heterocycles. The van der Waals surface area contributed by atoms with Crippen LogP contribution in [0.25, 0.3) is 6.08 Å². The number of esters is 1. The van der Waals surface area contributed by atoms with Crippen LogP contribution in [0.2, 0.25) is 5.02 Å². The summed E-state index contributed by atoms with van der Waals surface area (Å²) in [7, 11) is 0. The topological polar surface area (TPSA) is 29.5 Å². The van der Waals surface area contributed by atoms with Gasteiger partial charge < -0.3 is 9.64 Å². The Morgan fingerprint density at radius 1 is 1.25 bits per heavy atom. The number of hydrogen-bond acceptors (Lipinski definition) is 3. The van der Waals surface area contributed by atoms with Crippen molar-refractivity contribution in [3.8, 4) is 0 Å². The molecular formula is C16H22ClNO2. The molecule has 110 valence electrons. The van der Waals surface area contributed by atoms with Crippen LogP contribution in [-0.4, -0.2) is 37.1 Å². The summed E-state index contributed by atoms with van der Waals surface area (Å²) >= 11 is 5.79. The highest BCUT2D eigenvalue weighted by atomic mass is 35.5. The summed E-state index contributed by atoms with van der Waals surface area (Å²) in [5.41, 5.74) is 0.925. The van der Waals surface area contributed by atoms with Crippen LogP contribution in [0.4, 0.5) is 0 Å². The van der Waals surface area contributed by atoms with E-state index < -0.39 is 0 Å². The van der Waals surface area contributed by atoms with Crippen LogP contribution >= 0.6 is 11.6 Å². The zero-order valence-corrected chi connectivity index (χ0v) is 12.9. The van der Waals surface area contributed by atoms with E-state index >= 15 is 0 Å². The zero-order chi connectivity index (χ0) is 14.8. The van der Waals surface area contributed by atoms with Gasteiger partial charge in [0, 0.05) is 17.6 Å². The lowest BCUT2D eigenvalue weighted by Gasteiger charge is -2.17. The standard InChI is InChI=1S/C16H22ClNO2/c1-3-18(4-2)12-5-13-20-16(19)11-8-14-6-9-15(17)10-7-14/h6-11H,3-5,12-13H2,1-2H3/b11-8+. The number of halogens is 1. The van der Waals surface area contributed by atoms with Crippen LogP contribution in [0.1, 0.15) is 25.8 Å². The Hall–Kier alpha value is -1.32. The quantitative estimate of drug-likeness (QED) is 0.417. The molecule has 0 bridgehead atoms. The first-order valence-corrected chi connectivity index (χ1v) is 7.36. The molecule has 0 N–H and O–H groups in total. The van der Waals surface area contributed by atoms with Crippen molar-refractivity contribution in [2.75, 3.05) is 26.2 Å². The molecule has 0 aromatic heterocycles. The summed E-state index contributed by atoms with van der Waals surface area (Å²) in [4.78, 5) is 13.8. The van der Waals surface area contributed by atoms with E-state index in [4.69, 9.17) is 16.3 Å². The number of hydrogen-bond donors (Lipinski definition) is 0. The van der Waals surface area contributed by atoms with Gasteiger partial charge in [0.2, 0.25) is 0 Å². The molecule has 0 fully saturated rings. The second kappa shape index (κ2) is 9.56. The number of rotatable bonds is 8. The predicted molar refractivity (Wildman–Crippen MR) is 83.9 cm³/mol. The van der Waals surface area contributed by atoms with Crippen molar-refractivity contribution < 1.29 is 9.53 Å². The lowest BCUT2D eigenvalue weighted by molar-refractivity contribution is -0.137. The van der Waals surface area contributed by atoms with Gasteiger partial charge in [0.25, 0.3) is 0 Å². The van der Waals surface area contributed by atoms with E-state index in [1.165, 1.54) is 6.08 Å². The molecule has 0 radical (unpaired) electrons. The van der Waals surface area contributed by atoms with Crippen LogP contribution in [0.15, 0.2) is 30.3 Å². The highest BCUT2D eigenvalue weighted by Gasteiger charge is 2.00. The van der Waals surface area contributed by atoms with Crippen molar-refractivity contribution in [1.29, 1.82) is 0 Å². The molecule has 0 saturated carbocycles. The Morgan fingerprint density at radius 2 is 1.90 bits per heavy atom. The Bertz CT molecular complexity index is 425. The summed E-state index contributed by atoms with van der Waals surface area (Å²) in [6.45, 7) is 7.73. The van der Waals surface area contributed by atoms with E-state index in [1.807, 2.05) is 12.1 Å². The van der Waals surface area contributed by atoms with Gasteiger partial charge in [-0.3, -0.25) is 0 Å². The Kier molecular flexibility index (Phi) is 8.00. The summed E-state index contributed by atoms with van der Waals surface area (Å²) in [6, 6.07) is 7.28. The minimum absolute atomic E-state index is 0.306. The van der Waals surface area contributed by atoms with Crippen molar-refractivity contribution in [3.63, 3.8) is 0 Å². The molecule has 0 unspecified atom stereocenters. The molecule has 1 aromatic carbocycles. The van der Waals surface area contributed by atoms with Gasteiger partial charge in [-0.1, -0.05) is 37.6 Å². The van der Waals surface area contributed by atoms with E-state index in [0.717, 1.165) is 31.6 Å². The van der Waals surface area contributed by atoms with Crippen molar-refractivity contribution in [1.82, 2.24) is 4.90 Å². The number of ether oxygens (including phenoxy) is 1. The SMILES string of the molecule is CCN(CC)CCCOC(=O)/C=C/c1ccc(Cl)cc1. The summed E-state index contributed by atoms with van der Waals surface area (Å²) in [5, 5.41) is 0.682. The molecule has 0 heterocycles. The van der Waals surface area contributed by atoms with Gasteiger partial charge in [-0.25, -0.2) is 4.79 Å². The second-order valence-electron chi connectivity index (χ2n) is 4.43. The largest absolute Gasteiger partial charge is 0.462 e. The van der Waals surface area contributed by atoms with Gasteiger partial charge in [-0.15, -0.1) is 0 Å². The van der Waals surface area contributed by atoms with Crippen LogP contribution in [0, 0.1) is 0 Å². The molecular weight excluding hydrogens is 274 g/mol. The molecule has 1 aromatic rings. The highest BCUT2D eigenvalue weighted by molar-refractivity contribution is 6.30. The van der Waals surface area contributed by atoms with E-state index in [1.54, 1.807) is 18.2 Å². The summed E-state index contributed by atoms with van der Waals surface area (Å²) < 4.78 is 5.15. The molecule has 1 rings (SSSR count). The minimum atomic E-state index is -0.306. The molecule has 0 aliphatic rings. The molecule has 0 aliphatic heterocycles. The number of benzene rings is 1. The number of carbonyl (C=O) groups is 1. The fourth-order valence-electron chi connectivity index (χ4n) is 1.79. The number of carbonyl (C=O) groups excluding carboxylic acids is 1. The molecule has 4 heteroatoms. The Balaban J connectivity index is 2.24. The molecule has 0 atom stereocenters. The summed E-state index contributed by atoms with van der Waals surface area (Å²) in [5.74, 6) is -0.306. The predicted octanol–water partition coefficient (Wildman–Crippen LogP) is 3.63. The third kappa shape index (κ3) is 6.73. The average Bonchev–Trinajstić information content (AvgIpc) is 2.47. The second-order valence-corrected chi connectivity index (χ2v) is 4.87. The maximum Gasteiger partial charge on any atom is 0.330 e. The normalized spacial score (nSPS) is 11.2. The van der Waals surface area contributed by atoms with Gasteiger partial charge in [0.1, 0.15) is 0 Å². The van der Waals surface area contributed by atoms with E-state index in [9.17, 15) is 4.79 Å². The van der Waals surface area contributed by atoms with Gasteiger partial charge in [0.15, 0.2) is 0 Å². The molecule has 3 nitrogen and oxygen atoms in total. The fraction of sp³-hybridized carbons (Fsp3) is 0.438. The smallest absolute Gasteiger partial charge is 0.330 e. The first kappa shape index (κ1) is 16.7. The third-order valence-corrected chi connectivity index (χ3v) is 3.29. The lowest BCUT2D eigenvalue weighted by Crippen LogP contribution is -2.25. The van der Waals surface area contributed by atoms with Crippen molar-refractivity contribution in [2.24, 2.45) is 0 Å². The fourth-order valence-corrected chi connectivity index (χ4v) is 1.91. The maximum absolute atomic E-state index is 11.5. The Labute approximate surface area is 126 Å². The van der Waals surface area contributed by atoms with E-state index in [2.05, 4.69) is 18.7 Å². The van der Waals surface area contributed by atoms with Crippen molar-refractivity contribution in [2.45, 2.75) is 20.3 Å². The van der Waals surface area contributed by atoms with E-state index in [0.29, 0.717) is 11.6 Å². The summed E-state index contributed by atoms with van der Waals surface area (Å²) in [6.07, 6.45) is 4.03. The molecule has 20 heavy (non-hydrogen) atoms. The zero-order valence-electron chi connectivity index (χ0n) is 12.1. The van der Waals surface area contributed by atoms with E-state index in [-0.39, 0.29) is 5.97 Å². The minimum Gasteiger partial charge on any atom is -0.462 e. The monoisotopic (exact) mass is 295 g/mol. The van der Waals surface area contributed by atoms with Gasteiger partial charge in [-0.2, -0.15) is 0 Å². The van der Waals surface area contributed by atoms with Crippen LogP contribution in [-0.2, 0) is 9.53 Å². The third-order valence-electron chi connectivity index (χ3n) is 3.04. The van der Waals surface area contributed by atoms with Crippen LogP contribution in [0.5, 0.6) is 0 Å². The van der Waals surface area contributed by atoms with Crippen LogP contribution < -0.4 is 0 Å². The van der Waals surface area contributed by atoms with Crippen molar-refractivity contribution >= 4 is 23.6 Å². The maximum atomic E-state index is 11.5. The van der Waals surface area contributed by atoms with Gasteiger partial charge >= 0.3 is 5.97 Å². The van der Waals surface area contributed by atoms with Crippen LogP contribution in [0.3, 0.4) is 0 Å².